The van der Waals surface area contributed by atoms with E-state index in [0.29, 0.717) is 0 Å². The minimum absolute atomic E-state index is 0.0487. The average molecular weight is 245 g/mol. The SMILES string of the molecule is C=CCC(C)(C(=O)Cl)c1cccc(F)c1F. The molecule has 0 fully saturated rings. The monoisotopic (exact) mass is 244 g/mol. The summed E-state index contributed by atoms with van der Waals surface area (Å²) in [7, 11) is 0. The summed E-state index contributed by atoms with van der Waals surface area (Å²) in [4.78, 5) is 11.3. The quantitative estimate of drug-likeness (QED) is 0.585. The van der Waals surface area contributed by atoms with Crippen molar-refractivity contribution < 1.29 is 13.6 Å². The molecule has 0 aliphatic rings. The molecule has 0 radical (unpaired) electrons. The molecule has 86 valence electrons. The third-order valence-corrected chi connectivity index (χ3v) is 2.95. The van der Waals surface area contributed by atoms with Gasteiger partial charge in [-0.05, 0) is 31.0 Å². The van der Waals surface area contributed by atoms with E-state index in [9.17, 15) is 13.6 Å². The lowest BCUT2D eigenvalue weighted by Crippen LogP contribution is -2.30. The Labute approximate surface area is 97.7 Å². The largest absolute Gasteiger partial charge is 0.280 e. The van der Waals surface area contributed by atoms with Gasteiger partial charge in [-0.2, -0.15) is 0 Å². The minimum atomic E-state index is -1.28. The van der Waals surface area contributed by atoms with Gasteiger partial charge in [0.1, 0.15) is 0 Å². The second-order valence-corrected chi connectivity index (χ2v) is 4.04. The molecule has 0 aromatic heterocycles. The molecule has 1 rings (SSSR count). The molecule has 1 atom stereocenters. The van der Waals surface area contributed by atoms with Gasteiger partial charge in [-0.3, -0.25) is 4.79 Å². The Kier molecular flexibility index (Phi) is 3.81. The van der Waals surface area contributed by atoms with Gasteiger partial charge in [0.25, 0.3) is 0 Å². The molecule has 0 spiro atoms. The molecular weight excluding hydrogens is 234 g/mol. The number of rotatable bonds is 4. The summed E-state index contributed by atoms with van der Waals surface area (Å²) in [5.74, 6) is -2.04. The molecule has 1 nitrogen and oxygen atoms in total. The van der Waals surface area contributed by atoms with Crippen molar-refractivity contribution in [3.05, 3.63) is 48.1 Å². The molecule has 1 aromatic rings. The first kappa shape index (κ1) is 12.8. The van der Waals surface area contributed by atoms with E-state index < -0.39 is 22.3 Å². The molecule has 0 heterocycles. The average Bonchev–Trinajstić information content (AvgIpc) is 2.22. The number of halogens is 3. The summed E-state index contributed by atoms with van der Waals surface area (Å²) in [5, 5.41) is -0.739. The Hall–Kier alpha value is -1.22. The Morgan fingerprint density at radius 1 is 1.56 bits per heavy atom. The maximum absolute atomic E-state index is 13.6. The number of carbonyl (C=O) groups is 1. The maximum Gasteiger partial charge on any atom is 0.232 e. The van der Waals surface area contributed by atoms with Crippen LogP contribution in [-0.2, 0) is 10.2 Å². The van der Waals surface area contributed by atoms with E-state index in [0.717, 1.165) is 6.07 Å². The number of allylic oxidation sites excluding steroid dienone is 1. The van der Waals surface area contributed by atoms with Gasteiger partial charge >= 0.3 is 0 Å². The first-order valence-corrected chi connectivity index (χ1v) is 5.06. The lowest BCUT2D eigenvalue weighted by atomic mass is 9.80. The number of carbonyl (C=O) groups excluding carboxylic acids is 1. The zero-order valence-corrected chi connectivity index (χ0v) is 9.52. The van der Waals surface area contributed by atoms with Crippen molar-refractivity contribution in [2.45, 2.75) is 18.8 Å². The fraction of sp³-hybridized carbons (Fsp3) is 0.250. The van der Waals surface area contributed by atoms with E-state index in [2.05, 4.69) is 6.58 Å². The van der Waals surface area contributed by atoms with Gasteiger partial charge in [-0.15, -0.1) is 6.58 Å². The van der Waals surface area contributed by atoms with Crippen LogP contribution in [0.15, 0.2) is 30.9 Å². The third kappa shape index (κ3) is 2.14. The van der Waals surface area contributed by atoms with Crippen LogP contribution in [-0.4, -0.2) is 5.24 Å². The van der Waals surface area contributed by atoms with Crippen molar-refractivity contribution in [1.82, 2.24) is 0 Å². The summed E-state index contributed by atoms with van der Waals surface area (Å²) >= 11 is 5.45. The highest BCUT2D eigenvalue weighted by molar-refractivity contribution is 6.65. The fourth-order valence-corrected chi connectivity index (χ4v) is 1.69. The van der Waals surface area contributed by atoms with E-state index >= 15 is 0 Å². The van der Waals surface area contributed by atoms with Gasteiger partial charge in [0.15, 0.2) is 11.6 Å². The minimum Gasteiger partial charge on any atom is -0.280 e. The Morgan fingerprint density at radius 2 is 2.19 bits per heavy atom. The first-order chi connectivity index (χ1) is 7.43. The van der Waals surface area contributed by atoms with Crippen molar-refractivity contribution >= 4 is 16.8 Å². The number of hydrogen-bond acceptors (Lipinski definition) is 1. The van der Waals surface area contributed by atoms with Crippen LogP contribution in [0.5, 0.6) is 0 Å². The topological polar surface area (TPSA) is 17.1 Å². The van der Waals surface area contributed by atoms with Crippen LogP contribution in [0.2, 0.25) is 0 Å². The number of benzene rings is 1. The van der Waals surface area contributed by atoms with Crippen molar-refractivity contribution in [3.8, 4) is 0 Å². The van der Waals surface area contributed by atoms with Gasteiger partial charge in [-0.1, -0.05) is 18.2 Å². The van der Waals surface area contributed by atoms with Crippen LogP contribution >= 0.6 is 11.6 Å². The van der Waals surface area contributed by atoms with Crippen molar-refractivity contribution in [2.75, 3.05) is 0 Å². The van der Waals surface area contributed by atoms with Gasteiger partial charge in [0, 0.05) is 5.56 Å². The zero-order chi connectivity index (χ0) is 12.3. The van der Waals surface area contributed by atoms with Crippen LogP contribution in [0.4, 0.5) is 8.78 Å². The highest BCUT2D eigenvalue weighted by Gasteiger charge is 2.35. The molecule has 0 saturated heterocycles. The fourth-order valence-electron chi connectivity index (χ4n) is 1.51. The molecule has 1 aromatic carbocycles. The van der Waals surface area contributed by atoms with E-state index in [1.807, 2.05) is 0 Å². The lowest BCUT2D eigenvalue weighted by molar-refractivity contribution is -0.116. The maximum atomic E-state index is 13.6. The summed E-state index contributed by atoms with van der Waals surface area (Å²) in [6.45, 7) is 4.94. The number of hydrogen-bond donors (Lipinski definition) is 0. The standard InChI is InChI=1S/C12H11ClF2O/c1-3-7-12(2,11(13)16)8-5-4-6-9(14)10(8)15/h3-6H,1,7H2,2H3. The molecule has 0 amide bonds. The molecular formula is C12H11ClF2O. The summed E-state index contributed by atoms with van der Waals surface area (Å²) in [6.07, 6.45) is 1.60. The van der Waals surface area contributed by atoms with Gasteiger partial charge < -0.3 is 0 Å². The Balaban J connectivity index is 3.37. The van der Waals surface area contributed by atoms with Crippen molar-refractivity contribution in [1.29, 1.82) is 0 Å². The summed E-state index contributed by atoms with van der Waals surface area (Å²) in [5.41, 5.74) is -1.33. The highest BCUT2D eigenvalue weighted by atomic mass is 35.5. The second-order valence-electron chi connectivity index (χ2n) is 3.70. The molecule has 0 bridgehead atoms. The molecule has 0 aliphatic carbocycles. The third-order valence-electron chi connectivity index (χ3n) is 2.53. The van der Waals surface area contributed by atoms with Gasteiger partial charge in [0.2, 0.25) is 5.24 Å². The Morgan fingerprint density at radius 3 is 2.69 bits per heavy atom. The summed E-state index contributed by atoms with van der Waals surface area (Å²) in [6, 6.07) is 3.68. The predicted octanol–water partition coefficient (Wildman–Crippen LogP) is 3.56. The molecule has 16 heavy (non-hydrogen) atoms. The molecule has 4 heteroatoms. The van der Waals surface area contributed by atoms with Crippen LogP contribution in [0.3, 0.4) is 0 Å². The van der Waals surface area contributed by atoms with Crippen LogP contribution < -0.4 is 0 Å². The van der Waals surface area contributed by atoms with Crippen LogP contribution in [0.1, 0.15) is 18.9 Å². The van der Waals surface area contributed by atoms with E-state index in [4.69, 9.17) is 11.6 Å². The van der Waals surface area contributed by atoms with Gasteiger partial charge in [-0.25, -0.2) is 8.78 Å². The van der Waals surface area contributed by atoms with Crippen LogP contribution in [0.25, 0.3) is 0 Å². The second kappa shape index (κ2) is 4.74. The van der Waals surface area contributed by atoms with E-state index in [-0.39, 0.29) is 12.0 Å². The molecule has 0 N–H and O–H groups in total. The first-order valence-electron chi connectivity index (χ1n) is 4.69. The van der Waals surface area contributed by atoms with Crippen LogP contribution in [0, 0.1) is 11.6 Å². The van der Waals surface area contributed by atoms with Crippen molar-refractivity contribution in [3.63, 3.8) is 0 Å². The Bertz CT molecular complexity index is 431. The van der Waals surface area contributed by atoms with Crippen molar-refractivity contribution in [2.24, 2.45) is 0 Å². The molecule has 0 aliphatic heterocycles. The molecule has 0 saturated carbocycles. The lowest BCUT2D eigenvalue weighted by Gasteiger charge is -2.24. The van der Waals surface area contributed by atoms with Gasteiger partial charge in [0.05, 0.1) is 5.41 Å². The highest BCUT2D eigenvalue weighted by Crippen LogP contribution is 2.33. The normalized spacial score (nSPS) is 14.2. The molecule has 1 unspecified atom stereocenters. The zero-order valence-electron chi connectivity index (χ0n) is 8.77. The predicted molar refractivity (Wildman–Crippen MR) is 59.4 cm³/mol. The van der Waals surface area contributed by atoms with E-state index in [1.54, 1.807) is 0 Å². The smallest absolute Gasteiger partial charge is 0.232 e. The summed E-state index contributed by atoms with van der Waals surface area (Å²) < 4.78 is 26.6. The van der Waals surface area contributed by atoms with E-state index in [1.165, 1.54) is 25.1 Å².